The summed E-state index contributed by atoms with van der Waals surface area (Å²) in [4.78, 5) is 0. The van der Waals surface area contributed by atoms with Crippen molar-refractivity contribution in [3.05, 3.63) is 28.2 Å². The SMILES string of the molecule is CCC1CCC(Nc2cc(Br)ccc2C#N)C1. The number of hydrogen-bond acceptors (Lipinski definition) is 2. The highest BCUT2D eigenvalue weighted by molar-refractivity contribution is 9.10. The van der Waals surface area contributed by atoms with Gasteiger partial charge in [-0.3, -0.25) is 0 Å². The monoisotopic (exact) mass is 292 g/mol. The van der Waals surface area contributed by atoms with E-state index in [4.69, 9.17) is 5.26 Å². The van der Waals surface area contributed by atoms with Crippen LogP contribution >= 0.6 is 15.9 Å². The van der Waals surface area contributed by atoms with Gasteiger partial charge in [0.15, 0.2) is 0 Å². The van der Waals surface area contributed by atoms with Crippen molar-refractivity contribution in [1.82, 2.24) is 0 Å². The van der Waals surface area contributed by atoms with E-state index >= 15 is 0 Å². The van der Waals surface area contributed by atoms with Gasteiger partial charge in [0.05, 0.1) is 11.3 Å². The standard InChI is InChI=1S/C14H17BrN2/c1-2-10-3-6-13(7-10)17-14-8-12(15)5-4-11(14)9-16/h4-5,8,10,13,17H,2-3,6-7H2,1H3. The van der Waals surface area contributed by atoms with Gasteiger partial charge in [-0.05, 0) is 43.4 Å². The lowest BCUT2D eigenvalue weighted by molar-refractivity contribution is 0.525. The molecule has 90 valence electrons. The van der Waals surface area contributed by atoms with Gasteiger partial charge in [-0.2, -0.15) is 5.26 Å². The highest BCUT2D eigenvalue weighted by Gasteiger charge is 2.23. The molecule has 0 amide bonds. The summed E-state index contributed by atoms with van der Waals surface area (Å²) in [7, 11) is 0. The van der Waals surface area contributed by atoms with Crippen LogP contribution in [0, 0.1) is 17.2 Å². The molecule has 1 aromatic rings. The van der Waals surface area contributed by atoms with Crippen LogP contribution in [-0.2, 0) is 0 Å². The maximum atomic E-state index is 9.08. The average Bonchev–Trinajstić information content (AvgIpc) is 2.77. The highest BCUT2D eigenvalue weighted by Crippen LogP contribution is 2.31. The van der Waals surface area contributed by atoms with Crippen LogP contribution in [-0.4, -0.2) is 6.04 Å². The topological polar surface area (TPSA) is 35.8 Å². The molecule has 0 aromatic heterocycles. The van der Waals surface area contributed by atoms with Gasteiger partial charge in [-0.15, -0.1) is 0 Å². The van der Waals surface area contributed by atoms with E-state index < -0.39 is 0 Å². The van der Waals surface area contributed by atoms with Gasteiger partial charge in [-0.25, -0.2) is 0 Å². The molecular formula is C14H17BrN2. The summed E-state index contributed by atoms with van der Waals surface area (Å²) in [5, 5.41) is 12.6. The maximum Gasteiger partial charge on any atom is 0.101 e. The molecule has 1 saturated carbocycles. The van der Waals surface area contributed by atoms with Crippen molar-refractivity contribution in [2.24, 2.45) is 5.92 Å². The molecule has 2 unspecified atom stereocenters. The summed E-state index contributed by atoms with van der Waals surface area (Å²) in [5.41, 5.74) is 1.69. The van der Waals surface area contributed by atoms with Crippen LogP contribution in [0.4, 0.5) is 5.69 Å². The first-order valence-electron chi connectivity index (χ1n) is 6.19. The molecule has 1 aliphatic carbocycles. The van der Waals surface area contributed by atoms with Crippen LogP contribution in [0.1, 0.15) is 38.2 Å². The lowest BCUT2D eigenvalue weighted by atomic mass is 10.1. The molecule has 0 spiro atoms. The maximum absolute atomic E-state index is 9.08. The molecule has 2 nitrogen and oxygen atoms in total. The zero-order valence-electron chi connectivity index (χ0n) is 10.0. The number of nitriles is 1. The summed E-state index contributed by atoms with van der Waals surface area (Å²) in [5.74, 6) is 0.852. The number of anilines is 1. The van der Waals surface area contributed by atoms with Crippen LogP contribution in [0.3, 0.4) is 0 Å². The van der Waals surface area contributed by atoms with Gasteiger partial charge in [0.2, 0.25) is 0 Å². The van der Waals surface area contributed by atoms with E-state index in [-0.39, 0.29) is 0 Å². The molecule has 1 aliphatic rings. The van der Waals surface area contributed by atoms with Gasteiger partial charge in [0.25, 0.3) is 0 Å². The highest BCUT2D eigenvalue weighted by atomic mass is 79.9. The smallest absolute Gasteiger partial charge is 0.101 e. The third kappa shape index (κ3) is 3.01. The van der Waals surface area contributed by atoms with E-state index in [0.29, 0.717) is 6.04 Å². The van der Waals surface area contributed by atoms with Gasteiger partial charge in [0.1, 0.15) is 6.07 Å². The molecule has 2 atom stereocenters. The van der Waals surface area contributed by atoms with E-state index in [0.717, 1.165) is 21.6 Å². The van der Waals surface area contributed by atoms with Crippen LogP contribution in [0.2, 0.25) is 0 Å². The van der Waals surface area contributed by atoms with Crippen molar-refractivity contribution >= 4 is 21.6 Å². The Morgan fingerprint density at radius 3 is 2.94 bits per heavy atom. The molecule has 0 saturated heterocycles. The van der Waals surface area contributed by atoms with E-state index in [9.17, 15) is 0 Å². The van der Waals surface area contributed by atoms with Crippen molar-refractivity contribution in [3.63, 3.8) is 0 Å². The molecule has 1 N–H and O–H groups in total. The van der Waals surface area contributed by atoms with Crippen molar-refractivity contribution in [1.29, 1.82) is 5.26 Å². The number of nitrogens with zero attached hydrogens (tertiary/aromatic N) is 1. The van der Waals surface area contributed by atoms with E-state index in [1.807, 2.05) is 18.2 Å². The molecule has 2 rings (SSSR count). The second-order valence-corrected chi connectivity index (χ2v) is 5.65. The summed E-state index contributed by atoms with van der Waals surface area (Å²) < 4.78 is 1.02. The van der Waals surface area contributed by atoms with Crippen LogP contribution in [0.25, 0.3) is 0 Å². The zero-order valence-corrected chi connectivity index (χ0v) is 11.6. The second kappa shape index (κ2) is 5.55. The van der Waals surface area contributed by atoms with Crippen LogP contribution in [0.15, 0.2) is 22.7 Å². The number of halogens is 1. The molecule has 0 radical (unpaired) electrons. The molecule has 3 heteroatoms. The largest absolute Gasteiger partial charge is 0.381 e. The summed E-state index contributed by atoms with van der Waals surface area (Å²) in [6.45, 7) is 2.26. The number of rotatable bonds is 3. The molecule has 1 fully saturated rings. The predicted molar refractivity (Wildman–Crippen MR) is 73.9 cm³/mol. The molecular weight excluding hydrogens is 276 g/mol. The van der Waals surface area contributed by atoms with Gasteiger partial charge < -0.3 is 5.32 Å². The summed E-state index contributed by atoms with van der Waals surface area (Å²) in [6, 6.07) is 8.54. The Kier molecular flexibility index (Phi) is 4.06. The van der Waals surface area contributed by atoms with Crippen molar-refractivity contribution in [2.45, 2.75) is 38.6 Å². The van der Waals surface area contributed by atoms with Gasteiger partial charge in [0, 0.05) is 10.5 Å². The van der Waals surface area contributed by atoms with E-state index in [1.165, 1.54) is 25.7 Å². The minimum atomic E-state index is 0.529. The lowest BCUT2D eigenvalue weighted by Crippen LogP contribution is -2.16. The Morgan fingerprint density at radius 1 is 1.47 bits per heavy atom. The summed E-state index contributed by atoms with van der Waals surface area (Å²) in [6.07, 6.45) is 5.02. The first-order valence-corrected chi connectivity index (χ1v) is 6.98. The molecule has 1 aromatic carbocycles. The first kappa shape index (κ1) is 12.4. The lowest BCUT2D eigenvalue weighted by Gasteiger charge is -2.15. The third-order valence-corrected chi connectivity index (χ3v) is 4.07. The predicted octanol–water partition coefficient (Wildman–Crippen LogP) is 4.31. The quantitative estimate of drug-likeness (QED) is 0.901. The fourth-order valence-corrected chi connectivity index (χ4v) is 2.89. The third-order valence-electron chi connectivity index (χ3n) is 3.58. The van der Waals surface area contributed by atoms with E-state index in [1.54, 1.807) is 0 Å². The van der Waals surface area contributed by atoms with Crippen molar-refractivity contribution < 1.29 is 0 Å². The molecule has 17 heavy (non-hydrogen) atoms. The van der Waals surface area contributed by atoms with Crippen molar-refractivity contribution in [2.75, 3.05) is 5.32 Å². The Morgan fingerprint density at radius 2 is 2.29 bits per heavy atom. The second-order valence-electron chi connectivity index (χ2n) is 4.73. The van der Waals surface area contributed by atoms with E-state index in [2.05, 4.69) is 34.2 Å². The number of hydrogen-bond donors (Lipinski definition) is 1. The molecule has 0 bridgehead atoms. The Hall–Kier alpha value is -1.01. The Bertz CT molecular complexity index is 436. The van der Waals surface area contributed by atoms with Gasteiger partial charge >= 0.3 is 0 Å². The number of benzene rings is 1. The molecule has 0 aliphatic heterocycles. The minimum absolute atomic E-state index is 0.529. The zero-order chi connectivity index (χ0) is 12.3. The van der Waals surface area contributed by atoms with Crippen LogP contribution < -0.4 is 5.32 Å². The Labute approximate surface area is 111 Å². The summed E-state index contributed by atoms with van der Waals surface area (Å²) >= 11 is 3.45. The fraction of sp³-hybridized carbons (Fsp3) is 0.500. The first-order chi connectivity index (χ1) is 8.22. The Balaban J connectivity index is 2.09. The normalized spacial score (nSPS) is 23.4. The van der Waals surface area contributed by atoms with Gasteiger partial charge in [-0.1, -0.05) is 29.3 Å². The van der Waals surface area contributed by atoms with Crippen molar-refractivity contribution in [3.8, 4) is 6.07 Å². The van der Waals surface area contributed by atoms with Crippen LogP contribution in [0.5, 0.6) is 0 Å². The number of nitrogens with one attached hydrogen (secondary N) is 1. The fourth-order valence-electron chi connectivity index (χ4n) is 2.53. The molecule has 0 heterocycles. The minimum Gasteiger partial charge on any atom is -0.381 e. The average molecular weight is 293 g/mol.